The molecule has 0 atom stereocenters. The van der Waals surface area contributed by atoms with Gasteiger partial charge in [-0.2, -0.15) is 0 Å². The van der Waals surface area contributed by atoms with E-state index in [9.17, 15) is 9.59 Å². The predicted molar refractivity (Wildman–Crippen MR) is 80.1 cm³/mol. The molecule has 0 aromatic heterocycles. The normalized spacial score (nSPS) is 15.4. The summed E-state index contributed by atoms with van der Waals surface area (Å²) in [6, 6.07) is 7.81. The Morgan fingerprint density at radius 2 is 1.95 bits per heavy atom. The average Bonchev–Trinajstić information content (AvgIpc) is 2.48. The fraction of sp³-hybridized carbons (Fsp3) is 0.500. The fourth-order valence-electron chi connectivity index (χ4n) is 2.52. The second-order valence-electron chi connectivity index (χ2n) is 5.40. The number of hydrogen-bond acceptors (Lipinski definition) is 4. The molecular weight excluding hydrogens is 268 g/mol. The minimum Gasteiger partial charge on any atom is -0.496 e. The number of nitrogens with zero attached hydrogens (tertiary/aromatic N) is 2. The first-order valence-electron chi connectivity index (χ1n) is 7.20. The Bertz CT molecular complexity index is 506. The van der Waals surface area contributed by atoms with Crippen LogP contribution < -0.4 is 4.74 Å². The third-order valence-corrected chi connectivity index (χ3v) is 3.71. The molecule has 1 aromatic carbocycles. The Balaban J connectivity index is 1.87. The molecule has 21 heavy (non-hydrogen) atoms. The number of Topliss-reactive ketones (excluding diaryl/α,β-unsaturated/α-hetero) is 1. The molecule has 5 heteroatoms. The Labute approximate surface area is 125 Å². The number of hydrogen-bond donors (Lipinski definition) is 0. The van der Waals surface area contributed by atoms with Crippen LogP contribution in [0.25, 0.3) is 0 Å². The minimum absolute atomic E-state index is 0.0832. The highest BCUT2D eigenvalue weighted by atomic mass is 16.5. The summed E-state index contributed by atoms with van der Waals surface area (Å²) in [5, 5.41) is 0. The van der Waals surface area contributed by atoms with E-state index in [1.807, 2.05) is 36.2 Å². The number of carbonyl (C=O) groups is 2. The quantitative estimate of drug-likeness (QED) is 0.820. The number of ketones is 1. The molecule has 1 heterocycles. The summed E-state index contributed by atoms with van der Waals surface area (Å²) in [5.41, 5.74) is 1.06. The molecule has 0 aliphatic carbocycles. The van der Waals surface area contributed by atoms with Crippen LogP contribution in [-0.2, 0) is 16.1 Å². The van der Waals surface area contributed by atoms with Gasteiger partial charge >= 0.3 is 0 Å². The summed E-state index contributed by atoms with van der Waals surface area (Å²) in [6.45, 7) is 2.12. The van der Waals surface area contributed by atoms with Crippen molar-refractivity contribution in [2.45, 2.75) is 19.4 Å². The third-order valence-electron chi connectivity index (χ3n) is 3.71. The van der Waals surface area contributed by atoms with Crippen LogP contribution in [0.15, 0.2) is 24.3 Å². The number of ether oxygens (including phenoxy) is 1. The topological polar surface area (TPSA) is 49.9 Å². The maximum atomic E-state index is 12.2. The van der Waals surface area contributed by atoms with Gasteiger partial charge < -0.3 is 9.64 Å². The molecule has 1 amide bonds. The number of carbonyl (C=O) groups excluding carboxylic acids is 2. The molecule has 5 nitrogen and oxygen atoms in total. The Kier molecular flexibility index (Phi) is 5.33. The Morgan fingerprint density at radius 3 is 2.62 bits per heavy atom. The number of methoxy groups -OCH3 is 1. The van der Waals surface area contributed by atoms with Gasteiger partial charge in [0.25, 0.3) is 0 Å². The van der Waals surface area contributed by atoms with Crippen molar-refractivity contribution < 1.29 is 14.3 Å². The summed E-state index contributed by atoms with van der Waals surface area (Å²) >= 11 is 0. The number of benzene rings is 1. The first-order chi connectivity index (χ1) is 10.1. The van der Waals surface area contributed by atoms with Gasteiger partial charge in [0.1, 0.15) is 11.5 Å². The van der Waals surface area contributed by atoms with E-state index >= 15 is 0 Å². The first kappa shape index (κ1) is 15.5. The van der Waals surface area contributed by atoms with Gasteiger partial charge in [-0.1, -0.05) is 18.2 Å². The van der Waals surface area contributed by atoms with Crippen molar-refractivity contribution in [1.29, 1.82) is 0 Å². The van der Waals surface area contributed by atoms with Crippen LogP contribution in [0, 0.1) is 0 Å². The molecule has 0 radical (unpaired) electrons. The van der Waals surface area contributed by atoms with Crippen LogP contribution in [0.2, 0.25) is 0 Å². The first-order valence-corrected chi connectivity index (χ1v) is 7.20. The van der Waals surface area contributed by atoms with Crippen molar-refractivity contribution in [2.24, 2.45) is 0 Å². The van der Waals surface area contributed by atoms with E-state index in [1.165, 1.54) is 0 Å². The molecule has 0 saturated carbocycles. The highest BCUT2D eigenvalue weighted by Gasteiger charge is 2.21. The van der Waals surface area contributed by atoms with Gasteiger partial charge in [-0.15, -0.1) is 0 Å². The van der Waals surface area contributed by atoms with E-state index in [0.717, 1.165) is 11.3 Å². The second kappa shape index (κ2) is 7.22. The Morgan fingerprint density at radius 1 is 1.29 bits per heavy atom. The zero-order chi connectivity index (χ0) is 15.2. The SMILES string of the molecule is COc1ccccc1CN(C)CC(=O)N1CCC(=O)CC1. The molecule has 1 saturated heterocycles. The standard InChI is InChI=1S/C16H22N2O3/c1-17(11-13-5-3-4-6-15(13)21-2)12-16(20)18-9-7-14(19)8-10-18/h3-6H,7-12H2,1-2H3. The molecular formula is C16H22N2O3. The van der Waals surface area contributed by atoms with Crippen LogP contribution in [0.3, 0.4) is 0 Å². The molecule has 114 valence electrons. The van der Waals surface area contributed by atoms with Crippen molar-refractivity contribution in [1.82, 2.24) is 9.80 Å². The summed E-state index contributed by atoms with van der Waals surface area (Å²) < 4.78 is 5.32. The van der Waals surface area contributed by atoms with Crippen LogP contribution in [0.4, 0.5) is 0 Å². The lowest BCUT2D eigenvalue weighted by Crippen LogP contribution is -2.43. The van der Waals surface area contributed by atoms with E-state index in [2.05, 4.69) is 0 Å². The monoisotopic (exact) mass is 290 g/mol. The van der Waals surface area contributed by atoms with E-state index in [4.69, 9.17) is 4.74 Å². The van der Waals surface area contributed by atoms with Gasteiger partial charge in [-0.3, -0.25) is 14.5 Å². The Hall–Kier alpha value is -1.88. The van der Waals surface area contributed by atoms with Gasteiger partial charge in [0.05, 0.1) is 13.7 Å². The summed E-state index contributed by atoms with van der Waals surface area (Å²) in [7, 11) is 3.56. The number of para-hydroxylation sites is 1. The predicted octanol–water partition coefficient (Wildman–Crippen LogP) is 1.32. The fourth-order valence-corrected chi connectivity index (χ4v) is 2.52. The molecule has 0 unspecified atom stereocenters. The molecule has 1 aliphatic rings. The van der Waals surface area contributed by atoms with Gasteiger partial charge in [0.2, 0.25) is 5.91 Å². The van der Waals surface area contributed by atoms with Crippen molar-refractivity contribution in [3.8, 4) is 5.75 Å². The van der Waals surface area contributed by atoms with Gasteiger partial charge in [-0.05, 0) is 13.1 Å². The van der Waals surface area contributed by atoms with E-state index in [-0.39, 0.29) is 11.7 Å². The van der Waals surface area contributed by atoms with Crippen LogP contribution in [0.5, 0.6) is 5.75 Å². The molecule has 1 aromatic rings. The van der Waals surface area contributed by atoms with E-state index in [1.54, 1.807) is 12.0 Å². The van der Waals surface area contributed by atoms with Gasteiger partial charge in [-0.25, -0.2) is 0 Å². The minimum atomic E-state index is 0.0832. The highest BCUT2D eigenvalue weighted by molar-refractivity contribution is 5.84. The lowest BCUT2D eigenvalue weighted by atomic mass is 10.1. The molecule has 1 fully saturated rings. The van der Waals surface area contributed by atoms with Crippen molar-refractivity contribution in [2.75, 3.05) is 33.8 Å². The lowest BCUT2D eigenvalue weighted by Gasteiger charge is -2.28. The number of likely N-dealkylation sites (tertiary alicyclic amines) is 1. The molecule has 0 spiro atoms. The lowest BCUT2D eigenvalue weighted by molar-refractivity contribution is -0.135. The van der Waals surface area contributed by atoms with Crippen molar-refractivity contribution in [3.63, 3.8) is 0 Å². The number of rotatable bonds is 5. The smallest absolute Gasteiger partial charge is 0.236 e. The average molecular weight is 290 g/mol. The van der Waals surface area contributed by atoms with Gasteiger partial charge in [0, 0.05) is 38.0 Å². The summed E-state index contributed by atoms with van der Waals surface area (Å²) in [5.74, 6) is 1.17. The van der Waals surface area contributed by atoms with Gasteiger partial charge in [0.15, 0.2) is 0 Å². The molecule has 0 N–H and O–H groups in total. The maximum Gasteiger partial charge on any atom is 0.236 e. The maximum absolute atomic E-state index is 12.2. The van der Waals surface area contributed by atoms with E-state index < -0.39 is 0 Å². The summed E-state index contributed by atoms with van der Waals surface area (Å²) in [4.78, 5) is 27.2. The zero-order valence-corrected chi connectivity index (χ0v) is 12.7. The second-order valence-corrected chi connectivity index (χ2v) is 5.40. The summed E-state index contributed by atoms with van der Waals surface area (Å²) in [6.07, 6.45) is 0.976. The van der Waals surface area contributed by atoms with Crippen molar-refractivity contribution >= 4 is 11.7 Å². The molecule has 0 bridgehead atoms. The van der Waals surface area contributed by atoms with Crippen LogP contribution in [0.1, 0.15) is 18.4 Å². The third kappa shape index (κ3) is 4.29. The zero-order valence-electron chi connectivity index (χ0n) is 12.7. The van der Waals surface area contributed by atoms with Crippen molar-refractivity contribution in [3.05, 3.63) is 29.8 Å². The van der Waals surface area contributed by atoms with E-state index in [0.29, 0.717) is 39.0 Å². The van der Waals surface area contributed by atoms with Crippen LogP contribution >= 0.6 is 0 Å². The van der Waals surface area contributed by atoms with Crippen LogP contribution in [-0.4, -0.2) is 55.3 Å². The highest BCUT2D eigenvalue weighted by Crippen LogP contribution is 2.18. The molecule has 1 aliphatic heterocycles. The number of amides is 1. The largest absolute Gasteiger partial charge is 0.496 e. The number of piperidine rings is 1. The molecule has 2 rings (SSSR count). The number of likely N-dealkylation sites (N-methyl/N-ethyl adjacent to an activating group) is 1.